The lowest BCUT2D eigenvalue weighted by molar-refractivity contribution is -0.111. The third-order valence-electron chi connectivity index (χ3n) is 4.31. The maximum atomic E-state index is 13.1. The molecule has 10 heteroatoms. The number of rotatable bonds is 10. The number of nitrogens with one attached hydrogen (secondary N) is 1. The first kappa shape index (κ1) is 23.5. The van der Waals surface area contributed by atoms with E-state index in [1.807, 2.05) is 0 Å². The molecule has 0 radical (unpaired) electrons. The highest BCUT2D eigenvalue weighted by molar-refractivity contribution is 7.53. The maximum Gasteiger partial charge on any atom is 0.335 e. The Morgan fingerprint density at radius 3 is 2.38 bits per heavy atom. The van der Waals surface area contributed by atoms with Gasteiger partial charge in [0.2, 0.25) is 5.91 Å². The minimum atomic E-state index is -3.19. The minimum absolute atomic E-state index is 0.155. The van der Waals surface area contributed by atoms with Crippen LogP contribution < -0.4 is 5.32 Å². The van der Waals surface area contributed by atoms with Crippen molar-refractivity contribution in [2.24, 2.45) is 0 Å². The lowest BCUT2D eigenvalue weighted by atomic mass is 10.2. The normalized spacial score (nSPS) is 11.7. The molecule has 168 valence electrons. The fourth-order valence-electron chi connectivity index (χ4n) is 2.93. The van der Waals surface area contributed by atoms with E-state index in [9.17, 15) is 13.8 Å². The molecule has 0 spiro atoms. The molecule has 1 aromatic heterocycles. The van der Waals surface area contributed by atoms with E-state index in [-0.39, 0.29) is 17.9 Å². The smallest absolute Gasteiger partial charge is 0.323 e. The van der Waals surface area contributed by atoms with Gasteiger partial charge >= 0.3 is 7.60 Å². The third kappa shape index (κ3) is 6.43. The molecule has 3 aromatic rings. The van der Waals surface area contributed by atoms with Crippen LogP contribution in [0.15, 0.2) is 60.9 Å². The number of hydrogen-bond acceptors (Lipinski definition) is 6. The van der Waals surface area contributed by atoms with Gasteiger partial charge in [-0.3, -0.25) is 13.9 Å². The topological polar surface area (TPSA) is 95.3 Å². The second-order valence-electron chi connectivity index (χ2n) is 6.66. The average Bonchev–Trinajstić information content (AvgIpc) is 3.23. The van der Waals surface area contributed by atoms with E-state index in [0.717, 1.165) is 5.56 Å². The van der Waals surface area contributed by atoms with Crippen molar-refractivity contribution < 1.29 is 22.8 Å². The molecule has 0 bridgehead atoms. The van der Waals surface area contributed by atoms with Gasteiger partial charge in [-0.05, 0) is 61.9 Å². The Labute approximate surface area is 185 Å². The quantitative estimate of drug-likeness (QED) is 0.346. The van der Waals surface area contributed by atoms with Crippen LogP contribution in [0.4, 0.5) is 10.1 Å². The number of carbonyl (C=O) groups is 1. The van der Waals surface area contributed by atoms with E-state index in [4.69, 9.17) is 9.05 Å². The van der Waals surface area contributed by atoms with Gasteiger partial charge in [-0.2, -0.15) is 0 Å². The predicted molar refractivity (Wildman–Crippen MR) is 120 cm³/mol. The molecule has 0 unspecified atom stereocenters. The number of amides is 1. The molecule has 0 fully saturated rings. The van der Waals surface area contributed by atoms with Crippen LogP contribution in [0.1, 0.15) is 25.2 Å². The summed E-state index contributed by atoms with van der Waals surface area (Å²) in [4.78, 5) is 12.3. The zero-order valence-electron chi connectivity index (χ0n) is 17.8. The molecule has 32 heavy (non-hydrogen) atoms. The second-order valence-corrected chi connectivity index (χ2v) is 8.71. The Morgan fingerprint density at radius 2 is 1.75 bits per heavy atom. The first-order valence-corrected chi connectivity index (χ1v) is 11.8. The van der Waals surface area contributed by atoms with Gasteiger partial charge in [-0.15, -0.1) is 10.2 Å². The van der Waals surface area contributed by atoms with Gasteiger partial charge < -0.3 is 14.4 Å². The molecule has 0 saturated carbocycles. The van der Waals surface area contributed by atoms with E-state index >= 15 is 0 Å². The summed E-state index contributed by atoms with van der Waals surface area (Å²) in [5, 5.41) is 10.6. The molecular formula is C22H24FN4O4P. The predicted octanol–water partition coefficient (Wildman–Crippen LogP) is 4.82. The summed E-state index contributed by atoms with van der Waals surface area (Å²) in [6, 6.07) is 12.8. The number of benzene rings is 2. The Hall–Kier alpha value is -3.13. The Bertz CT molecular complexity index is 1100. The summed E-state index contributed by atoms with van der Waals surface area (Å²) in [6.07, 6.45) is 4.48. The molecule has 1 N–H and O–H groups in total. The van der Waals surface area contributed by atoms with Crippen molar-refractivity contribution in [3.05, 3.63) is 78.1 Å². The summed E-state index contributed by atoms with van der Waals surface area (Å²) in [5.74, 6) is -0.284. The molecule has 0 aliphatic heterocycles. The molecule has 3 rings (SSSR count). The summed E-state index contributed by atoms with van der Waals surface area (Å²) >= 11 is 0. The van der Waals surface area contributed by atoms with Crippen LogP contribution in [0, 0.1) is 5.82 Å². The van der Waals surface area contributed by atoms with Crippen LogP contribution in [0.3, 0.4) is 0 Å². The van der Waals surface area contributed by atoms with Gasteiger partial charge in [-0.25, -0.2) is 4.39 Å². The number of halogens is 1. The van der Waals surface area contributed by atoms with Gasteiger partial charge in [0.05, 0.1) is 19.4 Å². The van der Waals surface area contributed by atoms with Crippen molar-refractivity contribution >= 4 is 25.3 Å². The van der Waals surface area contributed by atoms with Gasteiger partial charge in [0.25, 0.3) is 0 Å². The van der Waals surface area contributed by atoms with Crippen molar-refractivity contribution in [1.29, 1.82) is 0 Å². The first-order chi connectivity index (χ1) is 15.4. The number of nitrogens with zero attached hydrogens (tertiary/aromatic N) is 3. The number of carbonyl (C=O) groups excluding carboxylic acids is 1. The summed E-state index contributed by atoms with van der Waals surface area (Å²) < 4.78 is 38.0. The van der Waals surface area contributed by atoms with Crippen LogP contribution in [-0.2, 0) is 24.6 Å². The van der Waals surface area contributed by atoms with Gasteiger partial charge in [0.1, 0.15) is 12.1 Å². The zero-order chi connectivity index (χ0) is 23.0. The highest BCUT2D eigenvalue weighted by atomic mass is 31.2. The van der Waals surface area contributed by atoms with Gasteiger partial charge in [0, 0.05) is 17.5 Å². The summed E-state index contributed by atoms with van der Waals surface area (Å²) in [6.45, 7) is 4.12. The largest absolute Gasteiger partial charge is 0.335 e. The highest BCUT2D eigenvalue weighted by Crippen LogP contribution is 2.51. The molecule has 0 saturated heterocycles. The van der Waals surface area contributed by atoms with Crippen molar-refractivity contribution in [1.82, 2.24) is 14.8 Å². The van der Waals surface area contributed by atoms with Crippen molar-refractivity contribution in [2.75, 3.05) is 18.5 Å². The molecular weight excluding hydrogens is 434 g/mol. The van der Waals surface area contributed by atoms with Crippen molar-refractivity contribution in [2.45, 2.75) is 20.0 Å². The molecule has 0 aliphatic rings. The Balaban J connectivity index is 1.62. The SMILES string of the molecule is CCOP(=O)(Cc1ccc(NC(=O)C=Cc2nncn2-c2ccc(F)cc2)cc1)OCC. The first-order valence-electron chi connectivity index (χ1n) is 10.0. The fraction of sp³-hybridized carbons (Fsp3) is 0.227. The summed E-state index contributed by atoms with van der Waals surface area (Å²) in [7, 11) is -3.19. The number of anilines is 1. The van der Waals surface area contributed by atoms with E-state index in [0.29, 0.717) is 30.4 Å². The average molecular weight is 458 g/mol. The molecule has 0 atom stereocenters. The lowest BCUT2D eigenvalue weighted by Crippen LogP contribution is -2.08. The lowest BCUT2D eigenvalue weighted by Gasteiger charge is -2.17. The zero-order valence-corrected chi connectivity index (χ0v) is 18.7. The molecule has 1 amide bonds. The Kier molecular flexibility index (Phi) is 8.05. The van der Waals surface area contributed by atoms with Crippen LogP contribution in [0.5, 0.6) is 0 Å². The van der Waals surface area contributed by atoms with Crippen LogP contribution in [0.2, 0.25) is 0 Å². The van der Waals surface area contributed by atoms with E-state index < -0.39 is 7.60 Å². The van der Waals surface area contributed by atoms with Crippen molar-refractivity contribution in [3.63, 3.8) is 0 Å². The number of hydrogen-bond donors (Lipinski definition) is 1. The van der Waals surface area contributed by atoms with Gasteiger partial charge in [-0.1, -0.05) is 12.1 Å². The van der Waals surface area contributed by atoms with E-state index in [1.54, 1.807) is 54.8 Å². The van der Waals surface area contributed by atoms with Crippen LogP contribution >= 0.6 is 7.60 Å². The standard InChI is InChI=1S/C22H24FN4O4P/c1-3-30-32(29,31-4-2)15-17-5-9-19(10-6-17)25-22(28)14-13-21-26-24-16-27(21)20-11-7-18(23)8-12-20/h5-14,16H,3-4,15H2,1-2H3,(H,25,28). The summed E-state index contributed by atoms with van der Waals surface area (Å²) in [5.41, 5.74) is 2.02. The maximum absolute atomic E-state index is 13.1. The molecule has 0 aliphatic carbocycles. The minimum Gasteiger partial charge on any atom is -0.323 e. The Morgan fingerprint density at radius 1 is 1.09 bits per heavy atom. The van der Waals surface area contributed by atoms with Crippen LogP contribution in [0.25, 0.3) is 11.8 Å². The molecule has 8 nitrogen and oxygen atoms in total. The molecule has 1 heterocycles. The van der Waals surface area contributed by atoms with Crippen molar-refractivity contribution in [3.8, 4) is 5.69 Å². The van der Waals surface area contributed by atoms with Crippen LogP contribution in [-0.4, -0.2) is 33.9 Å². The highest BCUT2D eigenvalue weighted by Gasteiger charge is 2.23. The van der Waals surface area contributed by atoms with E-state index in [2.05, 4.69) is 15.5 Å². The molecule has 2 aromatic carbocycles. The van der Waals surface area contributed by atoms with Gasteiger partial charge in [0.15, 0.2) is 5.82 Å². The fourth-order valence-corrected chi connectivity index (χ4v) is 4.63. The third-order valence-corrected chi connectivity index (χ3v) is 6.37. The number of aromatic nitrogens is 3. The monoisotopic (exact) mass is 458 g/mol. The second kappa shape index (κ2) is 10.9. The van der Waals surface area contributed by atoms with E-state index in [1.165, 1.54) is 30.6 Å².